The topological polar surface area (TPSA) is 66.0 Å². The predicted octanol–water partition coefficient (Wildman–Crippen LogP) is 3.62. The van der Waals surface area contributed by atoms with E-state index in [4.69, 9.17) is 18.9 Å². The van der Waals surface area contributed by atoms with Crippen molar-refractivity contribution in [3.8, 4) is 23.0 Å². The van der Waals surface area contributed by atoms with Crippen LogP contribution in [0.3, 0.4) is 0 Å². The Labute approximate surface area is 166 Å². The molecule has 1 N–H and O–H groups in total. The van der Waals surface area contributed by atoms with Crippen molar-refractivity contribution in [2.24, 2.45) is 0 Å². The number of benzene rings is 2. The summed E-state index contributed by atoms with van der Waals surface area (Å²) in [7, 11) is 4.63. The van der Waals surface area contributed by atoms with Crippen LogP contribution in [-0.4, -0.2) is 39.9 Å². The number of amides is 1. The summed E-state index contributed by atoms with van der Waals surface area (Å²) < 4.78 is 21.7. The third-order valence-corrected chi connectivity index (χ3v) is 4.06. The van der Waals surface area contributed by atoms with Crippen LogP contribution < -0.4 is 24.3 Å². The normalized spacial score (nSPS) is 11.8. The Morgan fingerprint density at radius 1 is 1.00 bits per heavy atom. The highest BCUT2D eigenvalue weighted by Gasteiger charge is 2.14. The molecule has 0 saturated heterocycles. The van der Waals surface area contributed by atoms with E-state index in [-0.39, 0.29) is 11.9 Å². The highest BCUT2D eigenvalue weighted by molar-refractivity contribution is 5.92. The van der Waals surface area contributed by atoms with Crippen LogP contribution in [-0.2, 0) is 4.79 Å². The van der Waals surface area contributed by atoms with E-state index in [0.717, 1.165) is 5.75 Å². The molecule has 0 radical (unpaired) electrons. The number of carbonyl (C=O) groups is 1. The van der Waals surface area contributed by atoms with Gasteiger partial charge in [0, 0.05) is 11.6 Å². The first-order chi connectivity index (χ1) is 13.5. The number of hydrogen-bond donors (Lipinski definition) is 1. The van der Waals surface area contributed by atoms with E-state index in [0.29, 0.717) is 29.4 Å². The number of methoxy groups -OCH3 is 3. The Morgan fingerprint density at radius 3 is 2.29 bits per heavy atom. The Balaban J connectivity index is 1.96. The van der Waals surface area contributed by atoms with Gasteiger partial charge in [0.15, 0.2) is 11.5 Å². The number of ether oxygens (including phenoxy) is 4. The molecule has 0 aliphatic carbocycles. The lowest BCUT2D eigenvalue weighted by Crippen LogP contribution is -2.35. The summed E-state index contributed by atoms with van der Waals surface area (Å²) in [6.45, 7) is 4.28. The quantitative estimate of drug-likeness (QED) is 0.668. The molecule has 2 aromatic rings. The molecule has 0 aliphatic rings. The van der Waals surface area contributed by atoms with Crippen molar-refractivity contribution in [3.05, 3.63) is 53.6 Å². The lowest BCUT2D eigenvalue weighted by Gasteiger charge is -2.15. The molecule has 2 aromatic carbocycles. The first-order valence-corrected chi connectivity index (χ1v) is 8.95. The van der Waals surface area contributed by atoms with Gasteiger partial charge in [0.05, 0.1) is 27.4 Å². The molecule has 1 atom stereocenters. The van der Waals surface area contributed by atoms with Gasteiger partial charge < -0.3 is 24.3 Å². The zero-order valence-electron chi connectivity index (χ0n) is 16.9. The summed E-state index contributed by atoms with van der Waals surface area (Å²) in [6.07, 6.45) is 3.12. The number of hydrogen-bond acceptors (Lipinski definition) is 5. The van der Waals surface area contributed by atoms with Crippen LogP contribution in [0, 0.1) is 6.92 Å². The number of rotatable bonds is 9. The molecule has 0 fully saturated rings. The number of carbonyl (C=O) groups excluding carboxylic acids is 1. The summed E-state index contributed by atoms with van der Waals surface area (Å²) in [4.78, 5) is 12.2. The minimum absolute atomic E-state index is 0.147. The largest absolute Gasteiger partial charge is 0.493 e. The summed E-state index contributed by atoms with van der Waals surface area (Å²) in [5.41, 5.74) is 1.88. The van der Waals surface area contributed by atoms with Crippen molar-refractivity contribution in [2.45, 2.75) is 19.9 Å². The van der Waals surface area contributed by atoms with Gasteiger partial charge in [-0.1, -0.05) is 17.7 Å². The van der Waals surface area contributed by atoms with Gasteiger partial charge in [-0.3, -0.25) is 4.79 Å². The van der Waals surface area contributed by atoms with E-state index in [2.05, 4.69) is 5.32 Å². The Bertz CT molecular complexity index is 814. The van der Waals surface area contributed by atoms with Gasteiger partial charge in [-0.05, 0) is 44.2 Å². The molecule has 0 unspecified atom stereocenters. The molecule has 0 aliphatic heterocycles. The molecule has 0 bridgehead atoms. The summed E-state index contributed by atoms with van der Waals surface area (Å²) in [5.74, 6) is 2.09. The molecular formula is C22H27NO5. The second-order valence-corrected chi connectivity index (χ2v) is 6.29. The van der Waals surface area contributed by atoms with Crippen LogP contribution in [0.4, 0.5) is 0 Å². The number of aryl methyl sites for hydroxylation is 1. The van der Waals surface area contributed by atoms with E-state index < -0.39 is 0 Å². The van der Waals surface area contributed by atoms with Gasteiger partial charge in [-0.2, -0.15) is 0 Å². The average molecular weight is 385 g/mol. The van der Waals surface area contributed by atoms with Crippen molar-refractivity contribution in [3.63, 3.8) is 0 Å². The molecule has 1 amide bonds. The molecule has 28 heavy (non-hydrogen) atoms. The average Bonchev–Trinajstić information content (AvgIpc) is 2.70. The fourth-order valence-corrected chi connectivity index (χ4v) is 2.61. The lowest BCUT2D eigenvalue weighted by atomic mass is 10.1. The molecule has 0 saturated carbocycles. The van der Waals surface area contributed by atoms with Crippen LogP contribution in [0.15, 0.2) is 42.5 Å². The zero-order valence-corrected chi connectivity index (χ0v) is 16.9. The summed E-state index contributed by atoms with van der Waals surface area (Å²) >= 11 is 0. The number of nitrogens with one attached hydrogen (secondary N) is 1. The fourth-order valence-electron chi connectivity index (χ4n) is 2.61. The van der Waals surface area contributed by atoms with E-state index in [1.165, 1.54) is 18.7 Å². The molecular weight excluding hydrogens is 358 g/mol. The molecule has 0 aromatic heterocycles. The maximum atomic E-state index is 12.2. The van der Waals surface area contributed by atoms with Gasteiger partial charge in [0.1, 0.15) is 12.4 Å². The zero-order chi connectivity index (χ0) is 20.5. The Kier molecular flexibility index (Phi) is 7.75. The van der Waals surface area contributed by atoms with Gasteiger partial charge in [-0.25, -0.2) is 0 Å². The van der Waals surface area contributed by atoms with Gasteiger partial charge in [-0.15, -0.1) is 0 Å². The lowest BCUT2D eigenvalue weighted by molar-refractivity contribution is -0.117. The maximum absolute atomic E-state index is 12.2. The molecule has 150 valence electrons. The third-order valence-electron chi connectivity index (χ3n) is 4.06. The fraction of sp³-hybridized carbons (Fsp3) is 0.318. The van der Waals surface area contributed by atoms with E-state index >= 15 is 0 Å². The Hall–Kier alpha value is -3.15. The molecule has 6 nitrogen and oxygen atoms in total. The highest BCUT2D eigenvalue weighted by atomic mass is 16.5. The van der Waals surface area contributed by atoms with Crippen molar-refractivity contribution in [2.75, 3.05) is 27.9 Å². The molecule has 6 heteroatoms. The van der Waals surface area contributed by atoms with Crippen LogP contribution in [0.1, 0.15) is 18.1 Å². The summed E-state index contributed by atoms with van der Waals surface area (Å²) in [5, 5.41) is 2.87. The standard InChI is InChI=1S/C22H27NO5/c1-15-6-10-18(11-7-15)28-14-16(2)23-20(24)13-9-17-8-12-19(25-3)22(27-5)21(17)26-4/h6-13,16H,14H2,1-5H3,(H,23,24)/b13-9+/t16-/m0/s1. The van der Waals surface area contributed by atoms with E-state index in [1.807, 2.05) is 38.1 Å². The SMILES string of the molecule is COc1ccc(/C=C/C(=O)N[C@@H](C)COc2ccc(C)cc2)c(OC)c1OC. The minimum Gasteiger partial charge on any atom is -0.493 e. The second kappa shape index (κ2) is 10.3. The highest BCUT2D eigenvalue weighted by Crippen LogP contribution is 2.40. The van der Waals surface area contributed by atoms with Crippen molar-refractivity contribution < 1.29 is 23.7 Å². The molecule has 0 spiro atoms. The first-order valence-electron chi connectivity index (χ1n) is 8.95. The van der Waals surface area contributed by atoms with Gasteiger partial charge in [0.2, 0.25) is 11.7 Å². The Morgan fingerprint density at radius 2 is 1.68 bits per heavy atom. The second-order valence-electron chi connectivity index (χ2n) is 6.29. The van der Waals surface area contributed by atoms with Crippen LogP contribution in [0.5, 0.6) is 23.0 Å². The van der Waals surface area contributed by atoms with Gasteiger partial charge in [0.25, 0.3) is 0 Å². The van der Waals surface area contributed by atoms with Crippen LogP contribution in [0.2, 0.25) is 0 Å². The minimum atomic E-state index is -0.225. The van der Waals surface area contributed by atoms with Crippen LogP contribution in [0.25, 0.3) is 6.08 Å². The molecule has 2 rings (SSSR count). The third kappa shape index (κ3) is 5.67. The molecule has 0 heterocycles. The van der Waals surface area contributed by atoms with Crippen molar-refractivity contribution in [1.82, 2.24) is 5.32 Å². The first kappa shape index (κ1) is 21.2. The monoisotopic (exact) mass is 385 g/mol. The van der Waals surface area contributed by atoms with Crippen molar-refractivity contribution >= 4 is 12.0 Å². The van der Waals surface area contributed by atoms with E-state index in [1.54, 1.807) is 32.4 Å². The summed E-state index contributed by atoms with van der Waals surface area (Å²) in [6, 6.07) is 11.2. The van der Waals surface area contributed by atoms with Crippen LogP contribution >= 0.6 is 0 Å². The van der Waals surface area contributed by atoms with E-state index in [9.17, 15) is 4.79 Å². The predicted molar refractivity (Wildman–Crippen MR) is 109 cm³/mol. The maximum Gasteiger partial charge on any atom is 0.244 e. The van der Waals surface area contributed by atoms with Gasteiger partial charge >= 0.3 is 0 Å². The van der Waals surface area contributed by atoms with Crippen molar-refractivity contribution in [1.29, 1.82) is 0 Å². The smallest absolute Gasteiger partial charge is 0.244 e.